The molecule has 1 aromatic carbocycles. The van der Waals surface area contributed by atoms with Gasteiger partial charge < -0.3 is 4.90 Å². The zero-order valence-corrected chi connectivity index (χ0v) is 16.0. The molecule has 3 rings (SSSR count). The summed E-state index contributed by atoms with van der Waals surface area (Å²) in [5, 5.41) is 9.27. The van der Waals surface area contributed by atoms with E-state index in [0.29, 0.717) is 18.2 Å². The molecule has 0 fully saturated rings. The van der Waals surface area contributed by atoms with E-state index >= 15 is 0 Å². The number of nitrogens with zero attached hydrogens (tertiary/aromatic N) is 5. The number of aromatic nitrogens is 4. The molecule has 6 nitrogen and oxygen atoms in total. The van der Waals surface area contributed by atoms with Crippen LogP contribution < -0.4 is 4.90 Å². The highest BCUT2D eigenvalue weighted by Gasteiger charge is 2.18. The number of allylic oxidation sites excluding steroid dienone is 1. The summed E-state index contributed by atoms with van der Waals surface area (Å²) >= 11 is 1.38. The third-order valence-corrected chi connectivity index (χ3v) is 4.93. The molecule has 0 aliphatic rings. The molecule has 0 aliphatic carbocycles. The molecule has 2 heterocycles. The number of anilines is 1. The summed E-state index contributed by atoms with van der Waals surface area (Å²) in [5.41, 5.74) is 1.83. The fourth-order valence-electron chi connectivity index (χ4n) is 2.72. The normalized spacial score (nSPS) is 10.6. The fourth-order valence-corrected chi connectivity index (χ4v) is 3.54. The second kappa shape index (κ2) is 9.14. The standard InChI is InChI=1S/C20H21N5OS/c1-3-14-25-19(16-10-12-21-13-11-16)22-23-20(25)27-15-18(26)24(4-2)17-8-6-5-7-9-17/h3,5-13H,1,4,14-15H2,2H3. The first-order chi connectivity index (χ1) is 13.2. The zero-order chi connectivity index (χ0) is 19.1. The van der Waals surface area contributed by atoms with Gasteiger partial charge in [-0.15, -0.1) is 16.8 Å². The van der Waals surface area contributed by atoms with Crippen molar-refractivity contribution in [3.05, 3.63) is 67.5 Å². The topological polar surface area (TPSA) is 63.9 Å². The van der Waals surface area contributed by atoms with Gasteiger partial charge in [-0.1, -0.05) is 36.0 Å². The lowest BCUT2D eigenvalue weighted by atomic mass is 10.2. The van der Waals surface area contributed by atoms with Gasteiger partial charge in [0.05, 0.1) is 5.75 Å². The number of hydrogen-bond donors (Lipinski definition) is 0. The highest BCUT2D eigenvalue weighted by atomic mass is 32.2. The Kier molecular flexibility index (Phi) is 6.38. The van der Waals surface area contributed by atoms with Crippen LogP contribution in [0.4, 0.5) is 5.69 Å². The van der Waals surface area contributed by atoms with E-state index in [1.54, 1.807) is 23.4 Å². The monoisotopic (exact) mass is 379 g/mol. The van der Waals surface area contributed by atoms with Crippen LogP contribution in [-0.4, -0.2) is 38.0 Å². The van der Waals surface area contributed by atoms with Crippen molar-refractivity contribution in [3.8, 4) is 11.4 Å². The van der Waals surface area contributed by atoms with Crippen LogP contribution in [0.15, 0.2) is 72.7 Å². The second-order valence-corrected chi connectivity index (χ2v) is 6.65. The van der Waals surface area contributed by atoms with E-state index < -0.39 is 0 Å². The van der Waals surface area contributed by atoms with Crippen molar-refractivity contribution >= 4 is 23.4 Å². The number of para-hydroxylation sites is 1. The van der Waals surface area contributed by atoms with Gasteiger partial charge >= 0.3 is 0 Å². The Morgan fingerprint density at radius 2 is 1.93 bits per heavy atom. The molecule has 0 bridgehead atoms. The number of amides is 1. The van der Waals surface area contributed by atoms with E-state index in [1.807, 2.05) is 54.0 Å². The molecule has 7 heteroatoms. The summed E-state index contributed by atoms with van der Waals surface area (Å²) in [6.07, 6.45) is 5.23. The SMILES string of the molecule is C=CCn1c(SCC(=O)N(CC)c2ccccc2)nnc1-c1ccncc1. The van der Waals surface area contributed by atoms with Gasteiger partial charge in [-0.05, 0) is 31.2 Å². The van der Waals surface area contributed by atoms with Crippen LogP contribution in [0.2, 0.25) is 0 Å². The first kappa shape index (κ1) is 18.8. The van der Waals surface area contributed by atoms with Crippen LogP contribution in [0.25, 0.3) is 11.4 Å². The van der Waals surface area contributed by atoms with Crippen LogP contribution >= 0.6 is 11.8 Å². The predicted octanol–water partition coefficient (Wildman–Crippen LogP) is 3.67. The molecular weight excluding hydrogens is 358 g/mol. The molecule has 0 saturated carbocycles. The Hall–Kier alpha value is -2.93. The molecule has 0 atom stereocenters. The van der Waals surface area contributed by atoms with E-state index in [4.69, 9.17) is 0 Å². The lowest BCUT2D eigenvalue weighted by Crippen LogP contribution is -2.32. The van der Waals surface area contributed by atoms with E-state index in [2.05, 4.69) is 21.8 Å². The van der Waals surface area contributed by atoms with Crippen LogP contribution in [0.1, 0.15) is 6.92 Å². The van der Waals surface area contributed by atoms with Crippen molar-refractivity contribution in [1.29, 1.82) is 0 Å². The van der Waals surface area contributed by atoms with E-state index in [0.717, 1.165) is 17.1 Å². The fraction of sp³-hybridized carbons (Fsp3) is 0.200. The minimum atomic E-state index is 0.0346. The molecule has 0 aliphatic heterocycles. The molecule has 3 aromatic rings. The quantitative estimate of drug-likeness (QED) is 0.441. The number of rotatable bonds is 8. The molecule has 0 saturated heterocycles. The predicted molar refractivity (Wildman–Crippen MR) is 109 cm³/mol. The van der Waals surface area contributed by atoms with Crippen molar-refractivity contribution in [3.63, 3.8) is 0 Å². The van der Waals surface area contributed by atoms with E-state index in [9.17, 15) is 4.79 Å². The summed E-state index contributed by atoms with van der Waals surface area (Å²) in [7, 11) is 0. The number of benzene rings is 1. The third kappa shape index (κ3) is 4.43. The Balaban J connectivity index is 1.76. The average Bonchev–Trinajstić information content (AvgIpc) is 3.11. The Morgan fingerprint density at radius 1 is 1.19 bits per heavy atom. The number of thioether (sulfide) groups is 1. The second-order valence-electron chi connectivity index (χ2n) is 5.70. The van der Waals surface area contributed by atoms with Crippen LogP contribution in [0.5, 0.6) is 0 Å². The number of hydrogen-bond acceptors (Lipinski definition) is 5. The highest BCUT2D eigenvalue weighted by Crippen LogP contribution is 2.24. The lowest BCUT2D eigenvalue weighted by molar-refractivity contribution is -0.116. The zero-order valence-electron chi connectivity index (χ0n) is 15.2. The summed E-state index contributed by atoms with van der Waals surface area (Å²) in [4.78, 5) is 18.5. The maximum Gasteiger partial charge on any atom is 0.237 e. The smallest absolute Gasteiger partial charge is 0.237 e. The Morgan fingerprint density at radius 3 is 2.59 bits per heavy atom. The largest absolute Gasteiger partial charge is 0.312 e. The lowest BCUT2D eigenvalue weighted by Gasteiger charge is -2.20. The average molecular weight is 379 g/mol. The third-order valence-electron chi connectivity index (χ3n) is 3.98. The van der Waals surface area contributed by atoms with Crippen molar-refractivity contribution in [1.82, 2.24) is 19.7 Å². The minimum absolute atomic E-state index is 0.0346. The minimum Gasteiger partial charge on any atom is -0.312 e. The summed E-state index contributed by atoms with van der Waals surface area (Å²) in [5.74, 6) is 1.06. The molecule has 0 N–H and O–H groups in total. The molecule has 27 heavy (non-hydrogen) atoms. The maximum atomic E-state index is 12.7. The van der Waals surface area contributed by atoms with Crippen LogP contribution in [-0.2, 0) is 11.3 Å². The number of pyridine rings is 1. The van der Waals surface area contributed by atoms with Gasteiger partial charge in [0.1, 0.15) is 0 Å². The van der Waals surface area contributed by atoms with Crippen molar-refractivity contribution in [2.75, 3.05) is 17.2 Å². The first-order valence-electron chi connectivity index (χ1n) is 8.67. The van der Waals surface area contributed by atoms with Gasteiger partial charge in [-0.3, -0.25) is 14.3 Å². The molecule has 138 valence electrons. The summed E-state index contributed by atoms with van der Waals surface area (Å²) in [6.45, 7) is 6.97. The molecule has 0 spiro atoms. The van der Waals surface area contributed by atoms with Gasteiger partial charge in [-0.2, -0.15) is 0 Å². The Bertz CT molecular complexity index is 895. The summed E-state index contributed by atoms with van der Waals surface area (Å²) < 4.78 is 1.96. The van der Waals surface area contributed by atoms with Gasteiger partial charge in [-0.25, -0.2) is 0 Å². The molecule has 1 amide bonds. The van der Waals surface area contributed by atoms with Gasteiger partial charge in [0.25, 0.3) is 0 Å². The molecule has 0 radical (unpaired) electrons. The van der Waals surface area contributed by atoms with Gasteiger partial charge in [0, 0.05) is 36.7 Å². The van der Waals surface area contributed by atoms with E-state index in [-0.39, 0.29) is 11.7 Å². The van der Waals surface area contributed by atoms with E-state index in [1.165, 1.54) is 11.8 Å². The van der Waals surface area contributed by atoms with Gasteiger partial charge in [0.2, 0.25) is 5.91 Å². The molecule has 0 unspecified atom stereocenters. The maximum absolute atomic E-state index is 12.7. The summed E-state index contributed by atoms with van der Waals surface area (Å²) in [6, 6.07) is 13.5. The number of carbonyl (C=O) groups excluding carboxylic acids is 1. The molecule has 2 aromatic heterocycles. The van der Waals surface area contributed by atoms with Gasteiger partial charge in [0.15, 0.2) is 11.0 Å². The highest BCUT2D eigenvalue weighted by molar-refractivity contribution is 7.99. The first-order valence-corrected chi connectivity index (χ1v) is 9.65. The van der Waals surface area contributed by atoms with Crippen LogP contribution in [0.3, 0.4) is 0 Å². The Labute approximate surface area is 163 Å². The van der Waals surface area contributed by atoms with Crippen molar-refractivity contribution in [2.45, 2.75) is 18.6 Å². The molecular formula is C20H21N5OS. The number of carbonyl (C=O) groups is 1. The van der Waals surface area contributed by atoms with Crippen molar-refractivity contribution < 1.29 is 4.79 Å². The van der Waals surface area contributed by atoms with Crippen LogP contribution in [0, 0.1) is 0 Å². The van der Waals surface area contributed by atoms with Crippen molar-refractivity contribution in [2.24, 2.45) is 0 Å².